The van der Waals surface area contributed by atoms with E-state index < -0.39 is 0 Å². The second-order valence-corrected chi connectivity index (χ2v) is 6.68. The van der Waals surface area contributed by atoms with E-state index in [2.05, 4.69) is 21.1 Å². The van der Waals surface area contributed by atoms with Crippen LogP contribution in [0.25, 0.3) is 5.82 Å². The van der Waals surface area contributed by atoms with Crippen LogP contribution in [-0.2, 0) is 6.42 Å². The molecule has 0 unspecified atom stereocenters. The molecular formula is C20H21N5O. The molecule has 4 heterocycles. The summed E-state index contributed by atoms with van der Waals surface area (Å²) in [5.74, 6) is 1.24. The fraction of sp³-hybridized carbons (Fsp3) is 0.300. The minimum atomic E-state index is 0.0559. The fourth-order valence-electron chi connectivity index (χ4n) is 3.50. The van der Waals surface area contributed by atoms with E-state index in [-0.39, 0.29) is 5.91 Å². The molecule has 0 radical (unpaired) electrons. The first-order valence-electron chi connectivity index (χ1n) is 8.94. The summed E-state index contributed by atoms with van der Waals surface area (Å²) < 4.78 is 1.68. The number of aromatic nitrogens is 4. The smallest absolute Gasteiger partial charge is 0.255 e. The van der Waals surface area contributed by atoms with E-state index in [0.29, 0.717) is 17.3 Å². The monoisotopic (exact) mass is 347 g/mol. The normalized spacial score (nSPS) is 17.2. The maximum absolute atomic E-state index is 12.8. The van der Waals surface area contributed by atoms with Crippen LogP contribution in [0.2, 0.25) is 0 Å². The minimum Gasteiger partial charge on any atom is -0.338 e. The SMILES string of the molecule is O=C(c1ccc(-n2cccn2)nc1)N1CCC[C@@H](Cc2cccnc2)C1. The van der Waals surface area contributed by atoms with E-state index in [1.807, 2.05) is 41.6 Å². The van der Waals surface area contributed by atoms with Gasteiger partial charge in [0, 0.05) is 44.1 Å². The summed E-state index contributed by atoms with van der Waals surface area (Å²) in [6.45, 7) is 1.60. The van der Waals surface area contributed by atoms with Gasteiger partial charge in [0.15, 0.2) is 5.82 Å². The molecule has 1 amide bonds. The highest BCUT2D eigenvalue weighted by atomic mass is 16.2. The van der Waals surface area contributed by atoms with Crippen LogP contribution in [0.4, 0.5) is 0 Å². The first-order valence-corrected chi connectivity index (χ1v) is 8.94. The van der Waals surface area contributed by atoms with E-state index in [4.69, 9.17) is 0 Å². The van der Waals surface area contributed by atoms with Crippen LogP contribution in [0, 0.1) is 5.92 Å². The Kier molecular flexibility index (Phi) is 4.73. The largest absolute Gasteiger partial charge is 0.338 e. The van der Waals surface area contributed by atoms with Gasteiger partial charge in [-0.15, -0.1) is 0 Å². The summed E-state index contributed by atoms with van der Waals surface area (Å²) in [4.78, 5) is 23.4. The molecule has 0 bridgehead atoms. The van der Waals surface area contributed by atoms with Crippen LogP contribution in [0.15, 0.2) is 61.3 Å². The quantitative estimate of drug-likeness (QED) is 0.728. The lowest BCUT2D eigenvalue weighted by molar-refractivity contribution is 0.0673. The number of carbonyl (C=O) groups excluding carboxylic acids is 1. The topological polar surface area (TPSA) is 63.9 Å². The van der Waals surface area contributed by atoms with Gasteiger partial charge in [-0.3, -0.25) is 9.78 Å². The number of hydrogen-bond donors (Lipinski definition) is 0. The molecule has 0 aliphatic carbocycles. The van der Waals surface area contributed by atoms with Gasteiger partial charge in [-0.1, -0.05) is 6.07 Å². The molecule has 0 aromatic carbocycles. The Morgan fingerprint density at radius 3 is 2.85 bits per heavy atom. The zero-order valence-corrected chi connectivity index (χ0v) is 14.5. The highest BCUT2D eigenvalue weighted by Crippen LogP contribution is 2.22. The van der Waals surface area contributed by atoms with E-state index in [0.717, 1.165) is 32.4 Å². The third kappa shape index (κ3) is 3.64. The highest BCUT2D eigenvalue weighted by Gasteiger charge is 2.25. The minimum absolute atomic E-state index is 0.0559. The summed E-state index contributed by atoms with van der Waals surface area (Å²) in [7, 11) is 0. The number of nitrogens with zero attached hydrogens (tertiary/aromatic N) is 5. The van der Waals surface area contributed by atoms with Crippen molar-refractivity contribution in [3.8, 4) is 5.82 Å². The third-order valence-corrected chi connectivity index (χ3v) is 4.79. The second-order valence-electron chi connectivity index (χ2n) is 6.68. The maximum atomic E-state index is 12.8. The first-order chi connectivity index (χ1) is 12.8. The van der Waals surface area contributed by atoms with Crippen molar-refractivity contribution >= 4 is 5.91 Å². The van der Waals surface area contributed by atoms with Crippen molar-refractivity contribution in [3.05, 3.63) is 72.4 Å². The molecule has 0 N–H and O–H groups in total. The van der Waals surface area contributed by atoms with Gasteiger partial charge in [-0.05, 0) is 55.0 Å². The van der Waals surface area contributed by atoms with E-state index in [1.54, 1.807) is 23.3 Å². The van der Waals surface area contributed by atoms with Gasteiger partial charge in [-0.25, -0.2) is 9.67 Å². The van der Waals surface area contributed by atoms with Crippen molar-refractivity contribution in [2.24, 2.45) is 5.92 Å². The van der Waals surface area contributed by atoms with Crippen molar-refractivity contribution in [1.82, 2.24) is 24.6 Å². The zero-order chi connectivity index (χ0) is 17.8. The van der Waals surface area contributed by atoms with Crippen LogP contribution in [0.5, 0.6) is 0 Å². The molecule has 0 spiro atoms. The van der Waals surface area contributed by atoms with Crippen LogP contribution in [0.1, 0.15) is 28.8 Å². The van der Waals surface area contributed by atoms with Crippen LogP contribution in [-0.4, -0.2) is 43.6 Å². The molecule has 132 valence electrons. The van der Waals surface area contributed by atoms with Gasteiger partial charge in [0.25, 0.3) is 5.91 Å². The number of likely N-dealkylation sites (tertiary alicyclic amines) is 1. The summed E-state index contributed by atoms with van der Waals surface area (Å²) in [6.07, 6.45) is 12.0. The van der Waals surface area contributed by atoms with E-state index in [9.17, 15) is 4.79 Å². The lowest BCUT2D eigenvalue weighted by Gasteiger charge is -2.33. The number of amides is 1. The molecule has 1 fully saturated rings. The Morgan fingerprint density at radius 1 is 1.15 bits per heavy atom. The molecule has 3 aromatic heterocycles. The molecule has 0 saturated carbocycles. The molecule has 1 saturated heterocycles. The molecular weight excluding hydrogens is 326 g/mol. The molecule has 6 heteroatoms. The Hall–Kier alpha value is -3.02. The Balaban J connectivity index is 1.42. The number of hydrogen-bond acceptors (Lipinski definition) is 4. The average Bonchev–Trinajstić information content (AvgIpc) is 3.23. The van der Waals surface area contributed by atoms with Crippen LogP contribution < -0.4 is 0 Å². The summed E-state index contributed by atoms with van der Waals surface area (Å²) in [6, 6.07) is 9.57. The van der Waals surface area contributed by atoms with Gasteiger partial charge in [-0.2, -0.15) is 5.10 Å². The fourth-order valence-corrected chi connectivity index (χ4v) is 3.50. The molecule has 1 atom stereocenters. The molecule has 4 rings (SSSR count). The van der Waals surface area contributed by atoms with Crippen molar-refractivity contribution in [2.45, 2.75) is 19.3 Å². The number of pyridine rings is 2. The van der Waals surface area contributed by atoms with E-state index in [1.165, 1.54) is 5.56 Å². The zero-order valence-electron chi connectivity index (χ0n) is 14.5. The lowest BCUT2D eigenvalue weighted by Crippen LogP contribution is -2.40. The number of carbonyl (C=O) groups is 1. The molecule has 1 aliphatic heterocycles. The van der Waals surface area contributed by atoms with Gasteiger partial charge in [0.2, 0.25) is 0 Å². The highest BCUT2D eigenvalue weighted by molar-refractivity contribution is 5.94. The second kappa shape index (κ2) is 7.47. The molecule has 26 heavy (non-hydrogen) atoms. The van der Waals surface area contributed by atoms with E-state index >= 15 is 0 Å². The number of rotatable bonds is 4. The van der Waals surface area contributed by atoms with Crippen LogP contribution in [0.3, 0.4) is 0 Å². The maximum Gasteiger partial charge on any atom is 0.255 e. The summed E-state index contributed by atoms with van der Waals surface area (Å²) >= 11 is 0. The molecule has 3 aromatic rings. The first kappa shape index (κ1) is 16.4. The van der Waals surface area contributed by atoms with Gasteiger partial charge in [0.05, 0.1) is 5.56 Å². The standard InChI is InChI=1S/C20H21N5O/c26-20(18-6-7-19(22-14-18)25-11-3-9-23-25)24-10-2-5-17(15-24)12-16-4-1-8-21-13-16/h1,3-4,6-9,11,13-14,17H,2,5,10,12,15H2/t17-/m0/s1. The van der Waals surface area contributed by atoms with Gasteiger partial charge >= 0.3 is 0 Å². The number of piperidine rings is 1. The predicted molar refractivity (Wildman–Crippen MR) is 97.9 cm³/mol. The van der Waals surface area contributed by atoms with Gasteiger partial charge in [0.1, 0.15) is 0 Å². The molecule has 1 aliphatic rings. The lowest BCUT2D eigenvalue weighted by atomic mass is 9.91. The third-order valence-electron chi connectivity index (χ3n) is 4.79. The van der Waals surface area contributed by atoms with Gasteiger partial charge < -0.3 is 4.90 Å². The summed E-state index contributed by atoms with van der Waals surface area (Å²) in [5.41, 5.74) is 1.86. The summed E-state index contributed by atoms with van der Waals surface area (Å²) in [5, 5.41) is 4.15. The Bertz CT molecular complexity index is 846. The average molecular weight is 347 g/mol. The van der Waals surface area contributed by atoms with Crippen molar-refractivity contribution < 1.29 is 4.79 Å². The van der Waals surface area contributed by atoms with Crippen LogP contribution >= 0.6 is 0 Å². The molecule has 6 nitrogen and oxygen atoms in total. The van der Waals surface area contributed by atoms with Crippen molar-refractivity contribution in [3.63, 3.8) is 0 Å². The van der Waals surface area contributed by atoms with Crippen molar-refractivity contribution in [1.29, 1.82) is 0 Å². The Morgan fingerprint density at radius 2 is 2.12 bits per heavy atom. The Labute approximate surface area is 152 Å². The predicted octanol–water partition coefficient (Wildman–Crippen LogP) is 2.76. The van der Waals surface area contributed by atoms with Crippen molar-refractivity contribution in [2.75, 3.05) is 13.1 Å².